The average Bonchev–Trinajstić information content (AvgIpc) is 3.13. The predicted octanol–water partition coefficient (Wildman–Crippen LogP) is 3.25. The molecule has 1 unspecified atom stereocenters. The van der Waals surface area contributed by atoms with Crippen LogP contribution in [0.1, 0.15) is 36.9 Å². The monoisotopic (exact) mass is 382 g/mol. The third kappa shape index (κ3) is 4.44. The summed E-state index contributed by atoms with van der Waals surface area (Å²) in [6, 6.07) is 13.1. The summed E-state index contributed by atoms with van der Waals surface area (Å²) in [6.45, 7) is 2.70. The molecular weight excluding hydrogens is 356 g/mol. The number of hydrogen-bond donors (Lipinski definition) is 1. The summed E-state index contributed by atoms with van der Waals surface area (Å²) < 4.78 is 10.6. The quantitative estimate of drug-likeness (QED) is 0.798. The minimum atomic E-state index is -0.159. The van der Waals surface area contributed by atoms with Gasteiger partial charge in [0.25, 0.3) is 0 Å². The maximum absolute atomic E-state index is 12.4. The number of benzene rings is 2. The van der Waals surface area contributed by atoms with Gasteiger partial charge in [-0.05, 0) is 48.7 Å². The van der Waals surface area contributed by atoms with Crippen LogP contribution in [-0.4, -0.2) is 32.6 Å². The van der Waals surface area contributed by atoms with Crippen LogP contribution in [0, 0.1) is 0 Å². The van der Waals surface area contributed by atoms with E-state index < -0.39 is 0 Å². The highest BCUT2D eigenvalue weighted by atomic mass is 16.5. The van der Waals surface area contributed by atoms with Crippen LogP contribution in [0.5, 0.6) is 11.5 Å². The highest BCUT2D eigenvalue weighted by Crippen LogP contribution is 2.30. The fraction of sp³-hybridized carbons (Fsp3) is 0.364. The van der Waals surface area contributed by atoms with Crippen molar-refractivity contribution in [1.29, 1.82) is 0 Å². The Bertz CT molecular complexity index is 848. The van der Waals surface area contributed by atoms with Gasteiger partial charge in [-0.25, -0.2) is 0 Å². The van der Waals surface area contributed by atoms with Gasteiger partial charge >= 0.3 is 0 Å². The molecule has 1 fully saturated rings. The van der Waals surface area contributed by atoms with Crippen molar-refractivity contribution in [3.8, 4) is 11.5 Å². The molecule has 1 heterocycles. The summed E-state index contributed by atoms with van der Waals surface area (Å²) in [5, 5.41) is 3.01. The van der Waals surface area contributed by atoms with Crippen LogP contribution in [0.2, 0.25) is 0 Å². The maximum Gasteiger partial charge on any atom is 0.227 e. The SMILES string of the molecule is COc1ccc(C(C)NC(=O)Cc2ccc(N3CCCC3=O)cc2)cc1OC. The normalized spacial score (nSPS) is 14.7. The molecule has 148 valence electrons. The van der Waals surface area contributed by atoms with Gasteiger partial charge in [-0.3, -0.25) is 9.59 Å². The van der Waals surface area contributed by atoms with Crippen LogP contribution < -0.4 is 19.7 Å². The lowest BCUT2D eigenvalue weighted by Gasteiger charge is -2.17. The molecule has 0 spiro atoms. The van der Waals surface area contributed by atoms with Crippen molar-refractivity contribution >= 4 is 17.5 Å². The molecule has 6 heteroatoms. The first kappa shape index (κ1) is 19.7. The molecule has 1 saturated heterocycles. The molecule has 2 amide bonds. The van der Waals surface area contributed by atoms with Crippen molar-refractivity contribution in [3.63, 3.8) is 0 Å². The number of anilines is 1. The lowest BCUT2D eigenvalue weighted by molar-refractivity contribution is -0.121. The zero-order chi connectivity index (χ0) is 20.1. The molecule has 0 radical (unpaired) electrons. The van der Waals surface area contributed by atoms with Crippen molar-refractivity contribution in [2.75, 3.05) is 25.7 Å². The van der Waals surface area contributed by atoms with Gasteiger partial charge in [0.1, 0.15) is 0 Å². The second-order valence-corrected chi connectivity index (χ2v) is 6.90. The molecule has 1 aliphatic heterocycles. The fourth-order valence-corrected chi connectivity index (χ4v) is 3.40. The number of nitrogens with zero attached hydrogens (tertiary/aromatic N) is 1. The van der Waals surface area contributed by atoms with Gasteiger partial charge in [0.15, 0.2) is 11.5 Å². The number of ether oxygens (including phenoxy) is 2. The summed E-state index contributed by atoms with van der Waals surface area (Å²) in [6.07, 6.45) is 1.79. The van der Waals surface area contributed by atoms with E-state index in [4.69, 9.17) is 9.47 Å². The Balaban J connectivity index is 1.60. The Morgan fingerprint density at radius 3 is 2.43 bits per heavy atom. The van der Waals surface area contributed by atoms with Gasteiger partial charge in [0.2, 0.25) is 11.8 Å². The van der Waals surface area contributed by atoms with E-state index >= 15 is 0 Å². The predicted molar refractivity (Wildman–Crippen MR) is 108 cm³/mol. The minimum absolute atomic E-state index is 0.0627. The number of amides is 2. The molecule has 1 N–H and O–H groups in total. The van der Waals surface area contributed by atoms with Crippen molar-refractivity contribution in [3.05, 3.63) is 53.6 Å². The van der Waals surface area contributed by atoms with Crippen LogP contribution in [0.15, 0.2) is 42.5 Å². The standard InChI is InChI=1S/C22H26N2O4/c1-15(17-8-11-19(27-2)20(14-17)28-3)23-21(25)13-16-6-9-18(10-7-16)24-12-4-5-22(24)26/h6-11,14-15H,4-5,12-13H2,1-3H3,(H,23,25). The number of rotatable bonds is 7. The zero-order valence-corrected chi connectivity index (χ0v) is 16.5. The lowest BCUT2D eigenvalue weighted by Crippen LogP contribution is -2.28. The molecule has 0 aromatic heterocycles. The van der Waals surface area contributed by atoms with Crippen LogP contribution in [0.4, 0.5) is 5.69 Å². The van der Waals surface area contributed by atoms with Crippen LogP contribution in [0.25, 0.3) is 0 Å². The Labute approximate surface area is 165 Å². The Morgan fingerprint density at radius 2 is 1.82 bits per heavy atom. The number of hydrogen-bond acceptors (Lipinski definition) is 4. The van der Waals surface area contributed by atoms with E-state index in [9.17, 15) is 9.59 Å². The first-order chi connectivity index (χ1) is 13.5. The third-order valence-electron chi connectivity index (χ3n) is 4.97. The van der Waals surface area contributed by atoms with E-state index in [1.54, 1.807) is 19.1 Å². The van der Waals surface area contributed by atoms with Crippen LogP contribution >= 0.6 is 0 Å². The van der Waals surface area contributed by atoms with E-state index in [0.717, 1.165) is 29.8 Å². The van der Waals surface area contributed by atoms with Crippen molar-refractivity contribution in [2.24, 2.45) is 0 Å². The van der Waals surface area contributed by atoms with Gasteiger partial charge in [-0.1, -0.05) is 18.2 Å². The number of carbonyl (C=O) groups is 2. The lowest BCUT2D eigenvalue weighted by atomic mass is 10.1. The molecule has 3 rings (SSSR count). The smallest absolute Gasteiger partial charge is 0.227 e. The van der Waals surface area contributed by atoms with Gasteiger partial charge < -0.3 is 19.7 Å². The Morgan fingerprint density at radius 1 is 1.11 bits per heavy atom. The Kier molecular flexibility index (Phi) is 6.19. The van der Waals surface area contributed by atoms with Gasteiger partial charge in [-0.2, -0.15) is 0 Å². The molecule has 6 nitrogen and oxygen atoms in total. The molecule has 2 aromatic carbocycles. The summed E-state index contributed by atoms with van der Waals surface area (Å²) in [7, 11) is 3.18. The number of methoxy groups -OCH3 is 2. The Hall–Kier alpha value is -3.02. The van der Waals surface area contributed by atoms with Crippen LogP contribution in [0.3, 0.4) is 0 Å². The second kappa shape index (κ2) is 8.78. The molecular formula is C22H26N2O4. The largest absolute Gasteiger partial charge is 0.493 e. The number of nitrogens with one attached hydrogen (secondary N) is 1. The fourth-order valence-electron chi connectivity index (χ4n) is 3.40. The van der Waals surface area contributed by atoms with E-state index in [1.807, 2.05) is 49.4 Å². The first-order valence-electron chi connectivity index (χ1n) is 9.42. The summed E-state index contributed by atoms with van der Waals surface area (Å²) in [5.41, 5.74) is 2.74. The van der Waals surface area contributed by atoms with Crippen molar-refractivity contribution < 1.29 is 19.1 Å². The maximum atomic E-state index is 12.4. The van der Waals surface area contributed by atoms with Crippen molar-refractivity contribution in [1.82, 2.24) is 5.32 Å². The minimum Gasteiger partial charge on any atom is -0.493 e. The van der Waals surface area contributed by atoms with E-state index in [2.05, 4.69) is 5.32 Å². The first-order valence-corrected chi connectivity index (χ1v) is 9.42. The third-order valence-corrected chi connectivity index (χ3v) is 4.97. The molecule has 0 saturated carbocycles. The molecule has 0 aliphatic carbocycles. The topological polar surface area (TPSA) is 67.9 Å². The van der Waals surface area contributed by atoms with Gasteiger partial charge in [0.05, 0.1) is 26.7 Å². The van der Waals surface area contributed by atoms with Crippen LogP contribution in [-0.2, 0) is 16.0 Å². The highest BCUT2D eigenvalue weighted by Gasteiger charge is 2.21. The van der Waals surface area contributed by atoms with E-state index in [1.165, 1.54) is 0 Å². The van der Waals surface area contributed by atoms with E-state index in [-0.39, 0.29) is 24.3 Å². The number of carbonyl (C=O) groups excluding carboxylic acids is 2. The molecule has 1 aliphatic rings. The molecule has 2 aromatic rings. The summed E-state index contributed by atoms with van der Waals surface area (Å²) in [5.74, 6) is 1.39. The molecule has 28 heavy (non-hydrogen) atoms. The van der Waals surface area contributed by atoms with Gasteiger partial charge in [0, 0.05) is 18.7 Å². The van der Waals surface area contributed by atoms with Crippen molar-refractivity contribution in [2.45, 2.75) is 32.2 Å². The zero-order valence-electron chi connectivity index (χ0n) is 16.5. The highest BCUT2D eigenvalue weighted by molar-refractivity contribution is 5.95. The second-order valence-electron chi connectivity index (χ2n) is 6.90. The average molecular weight is 382 g/mol. The van der Waals surface area contributed by atoms with E-state index in [0.29, 0.717) is 17.9 Å². The summed E-state index contributed by atoms with van der Waals surface area (Å²) in [4.78, 5) is 26.1. The summed E-state index contributed by atoms with van der Waals surface area (Å²) >= 11 is 0. The van der Waals surface area contributed by atoms with Gasteiger partial charge in [-0.15, -0.1) is 0 Å². The molecule has 0 bridgehead atoms. The molecule has 1 atom stereocenters.